The summed E-state index contributed by atoms with van der Waals surface area (Å²) in [6.45, 7) is 0.00357. The first-order valence-corrected chi connectivity index (χ1v) is 10.5. The molecular weight excluding hydrogens is 464 g/mol. The van der Waals surface area contributed by atoms with Gasteiger partial charge in [0, 0.05) is 24.2 Å². The minimum absolute atomic E-state index is 0.00177. The second-order valence-electron chi connectivity index (χ2n) is 8.21. The molecule has 2 amide bonds. The molecule has 5 nitrogen and oxygen atoms in total. The van der Waals surface area contributed by atoms with Crippen LogP contribution in [0, 0.1) is 0 Å². The van der Waals surface area contributed by atoms with E-state index in [1.54, 1.807) is 18.2 Å². The zero-order valence-corrected chi connectivity index (χ0v) is 17.9. The Morgan fingerprint density at radius 1 is 0.971 bits per heavy atom. The molecule has 3 rings (SSSR count). The number of likely N-dealkylation sites (tertiary alicyclic amines) is 1. The van der Waals surface area contributed by atoms with E-state index in [9.17, 15) is 35.9 Å². The van der Waals surface area contributed by atoms with Crippen molar-refractivity contribution in [1.29, 1.82) is 0 Å². The summed E-state index contributed by atoms with van der Waals surface area (Å²) in [7, 11) is 0. The van der Waals surface area contributed by atoms with E-state index in [0.717, 1.165) is 5.56 Å². The quantitative estimate of drug-likeness (QED) is 0.605. The minimum atomic E-state index is -5.05. The lowest BCUT2D eigenvalue weighted by Gasteiger charge is -2.40. The molecule has 1 aliphatic rings. The third-order valence-corrected chi connectivity index (χ3v) is 5.69. The molecular formula is C23H23F6N3O2. The van der Waals surface area contributed by atoms with Crippen LogP contribution in [0.15, 0.2) is 48.5 Å². The van der Waals surface area contributed by atoms with Gasteiger partial charge in [-0.15, -0.1) is 0 Å². The predicted octanol–water partition coefficient (Wildman–Crippen LogP) is 4.02. The number of alkyl halides is 6. The first kappa shape index (κ1) is 25.5. The van der Waals surface area contributed by atoms with Crippen LogP contribution in [0.25, 0.3) is 0 Å². The van der Waals surface area contributed by atoms with Gasteiger partial charge in [0.15, 0.2) is 0 Å². The molecule has 0 unspecified atom stereocenters. The Kier molecular flexibility index (Phi) is 7.54. The highest BCUT2D eigenvalue weighted by molar-refractivity contribution is 5.95. The van der Waals surface area contributed by atoms with E-state index in [1.165, 1.54) is 4.90 Å². The summed E-state index contributed by atoms with van der Waals surface area (Å²) in [6, 6.07) is 9.19. The van der Waals surface area contributed by atoms with Crippen LogP contribution in [-0.4, -0.2) is 41.9 Å². The van der Waals surface area contributed by atoms with Gasteiger partial charge in [-0.25, -0.2) is 0 Å². The van der Waals surface area contributed by atoms with Crippen molar-refractivity contribution in [3.05, 3.63) is 70.8 Å². The molecule has 1 heterocycles. The summed E-state index contributed by atoms with van der Waals surface area (Å²) in [5, 5.41) is 2.98. The van der Waals surface area contributed by atoms with Crippen LogP contribution in [0.1, 0.15) is 39.9 Å². The topological polar surface area (TPSA) is 75.4 Å². The summed E-state index contributed by atoms with van der Waals surface area (Å²) in [4.78, 5) is 25.6. The van der Waals surface area contributed by atoms with E-state index in [4.69, 9.17) is 5.73 Å². The number of carbonyl (C=O) groups is 2. The number of nitrogens with zero attached hydrogens (tertiary/aromatic N) is 1. The average molecular weight is 487 g/mol. The second-order valence-corrected chi connectivity index (χ2v) is 8.21. The third-order valence-electron chi connectivity index (χ3n) is 5.69. The molecule has 2 aromatic carbocycles. The molecule has 0 spiro atoms. The Morgan fingerprint density at radius 3 is 2.09 bits per heavy atom. The molecule has 0 radical (unpaired) electrons. The second kappa shape index (κ2) is 10.0. The molecule has 1 fully saturated rings. The first-order valence-electron chi connectivity index (χ1n) is 10.5. The van der Waals surface area contributed by atoms with Crippen molar-refractivity contribution >= 4 is 11.8 Å². The summed E-state index contributed by atoms with van der Waals surface area (Å²) in [5.41, 5.74) is 2.26. The van der Waals surface area contributed by atoms with E-state index in [0.29, 0.717) is 31.4 Å². The van der Waals surface area contributed by atoms with Crippen molar-refractivity contribution in [3.8, 4) is 0 Å². The standard InChI is InChI=1S/C23H23F6N3O2/c24-22(25,26)16-9-15(10-17(11-16)23(27,28)29)21(34)32-7-6-18(31-13-20(30)33)12-19(32)8-14-4-2-1-3-5-14/h1-5,9-11,18-19,31H,6-8,12-13H2,(H2,30,33)/t18-,19+/m0/s1. The maximum Gasteiger partial charge on any atom is 0.416 e. The number of halogens is 6. The lowest BCUT2D eigenvalue weighted by atomic mass is 9.91. The van der Waals surface area contributed by atoms with Gasteiger partial charge in [-0.1, -0.05) is 30.3 Å². The molecule has 184 valence electrons. The predicted molar refractivity (Wildman–Crippen MR) is 112 cm³/mol. The zero-order valence-electron chi connectivity index (χ0n) is 17.9. The Balaban J connectivity index is 1.93. The molecule has 34 heavy (non-hydrogen) atoms. The fourth-order valence-electron chi connectivity index (χ4n) is 4.07. The van der Waals surface area contributed by atoms with Crippen molar-refractivity contribution in [1.82, 2.24) is 10.2 Å². The molecule has 0 bridgehead atoms. The number of primary amides is 1. The highest BCUT2D eigenvalue weighted by Crippen LogP contribution is 2.37. The van der Waals surface area contributed by atoms with Crippen LogP contribution < -0.4 is 11.1 Å². The van der Waals surface area contributed by atoms with E-state index >= 15 is 0 Å². The maximum absolute atomic E-state index is 13.3. The van der Waals surface area contributed by atoms with Crippen molar-refractivity contribution in [2.24, 2.45) is 5.73 Å². The van der Waals surface area contributed by atoms with Gasteiger partial charge in [0.25, 0.3) is 5.91 Å². The van der Waals surface area contributed by atoms with Gasteiger partial charge in [-0.2, -0.15) is 26.3 Å². The lowest BCUT2D eigenvalue weighted by molar-refractivity contribution is -0.143. The van der Waals surface area contributed by atoms with Gasteiger partial charge in [0.2, 0.25) is 5.91 Å². The van der Waals surface area contributed by atoms with Crippen LogP contribution in [-0.2, 0) is 23.6 Å². The molecule has 1 aliphatic heterocycles. The van der Waals surface area contributed by atoms with Crippen molar-refractivity contribution in [2.45, 2.75) is 43.7 Å². The van der Waals surface area contributed by atoms with E-state index < -0.39 is 46.9 Å². The summed E-state index contributed by atoms with van der Waals surface area (Å²) in [5.74, 6) is -1.48. The molecule has 0 saturated carbocycles. The number of hydrogen-bond acceptors (Lipinski definition) is 3. The van der Waals surface area contributed by atoms with Crippen LogP contribution in [0.4, 0.5) is 26.3 Å². The van der Waals surface area contributed by atoms with Crippen molar-refractivity contribution in [2.75, 3.05) is 13.1 Å². The third kappa shape index (κ3) is 6.49. The number of rotatable bonds is 6. The number of nitrogens with two attached hydrogens (primary N) is 1. The van der Waals surface area contributed by atoms with Crippen LogP contribution in [0.2, 0.25) is 0 Å². The number of amides is 2. The molecule has 11 heteroatoms. The monoisotopic (exact) mass is 487 g/mol. The summed E-state index contributed by atoms with van der Waals surface area (Å²) in [6.07, 6.45) is -9.06. The fraction of sp³-hybridized carbons (Fsp3) is 0.391. The Morgan fingerprint density at radius 2 is 1.56 bits per heavy atom. The average Bonchev–Trinajstić information content (AvgIpc) is 2.76. The molecule has 0 aliphatic carbocycles. The van der Waals surface area contributed by atoms with E-state index in [2.05, 4.69) is 5.32 Å². The number of nitrogens with one attached hydrogen (secondary N) is 1. The van der Waals surface area contributed by atoms with Crippen molar-refractivity contribution < 1.29 is 35.9 Å². The van der Waals surface area contributed by atoms with Crippen molar-refractivity contribution in [3.63, 3.8) is 0 Å². The molecule has 0 aromatic heterocycles. The molecule has 3 N–H and O–H groups in total. The zero-order chi connectivity index (χ0) is 25.1. The Bertz CT molecular complexity index is 991. The summed E-state index contributed by atoms with van der Waals surface area (Å²) < 4.78 is 79.6. The van der Waals surface area contributed by atoms with Gasteiger partial charge in [-0.3, -0.25) is 9.59 Å². The van der Waals surface area contributed by atoms with Crippen LogP contribution in [0.3, 0.4) is 0 Å². The minimum Gasteiger partial charge on any atom is -0.369 e. The van der Waals surface area contributed by atoms with Gasteiger partial charge in [0.1, 0.15) is 0 Å². The highest BCUT2D eigenvalue weighted by atomic mass is 19.4. The largest absolute Gasteiger partial charge is 0.416 e. The fourth-order valence-corrected chi connectivity index (χ4v) is 4.07. The highest BCUT2D eigenvalue weighted by Gasteiger charge is 2.39. The lowest BCUT2D eigenvalue weighted by Crippen LogP contribution is -2.52. The van der Waals surface area contributed by atoms with E-state index in [1.807, 2.05) is 12.1 Å². The van der Waals surface area contributed by atoms with E-state index in [-0.39, 0.29) is 25.2 Å². The normalized spacial score (nSPS) is 19.2. The first-order chi connectivity index (χ1) is 15.8. The van der Waals surface area contributed by atoms with Gasteiger partial charge < -0.3 is 16.0 Å². The number of carbonyl (C=O) groups excluding carboxylic acids is 2. The molecule has 2 atom stereocenters. The molecule has 2 aromatic rings. The van der Waals surface area contributed by atoms with Crippen LogP contribution >= 0.6 is 0 Å². The Labute approximate surface area is 191 Å². The SMILES string of the molecule is NC(=O)CN[C@H]1CCN(C(=O)c2cc(C(F)(F)F)cc(C(F)(F)F)c2)[C@H](Cc2ccccc2)C1. The number of piperidine rings is 1. The van der Waals surface area contributed by atoms with Gasteiger partial charge in [-0.05, 0) is 43.0 Å². The summed E-state index contributed by atoms with van der Waals surface area (Å²) >= 11 is 0. The maximum atomic E-state index is 13.3. The van der Waals surface area contributed by atoms with Crippen LogP contribution in [0.5, 0.6) is 0 Å². The number of hydrogen-bond donors (Lipinski definition) is 2. The molecule has 1 saturated heterocycles. The Hall–Kier alpha value is -3.08. The number of benzene rings is 2. The smallest absolute Gasteiger partial charge is 0.369 e. The van der Waals surface area contributed by atoms with Gasteiger partial charge in [0.05, 0.1) is 17.7 Å². The van der Waals surface area contributed by atoms with Gasteiger partial charge >= 0.3 is 12.4 Å².